The van der Waals surface area contributed by atoms with Crippen molar-refractivity contribution in [3.8, 4) is 11.3 Å². The fourth-order valence-electron chi connectivity index (χ4n) is 1.96. The zero-order chi connectivity index (χ0) is 16.1. The standard InChI is InChI=1S/C16H16N2O4/c1-22-16(21)11-7-5-10(6-8-11)14-4-2-3-12(18-14)9-13(17)15(19)20/h2-8,13H,9,17H2,1H3,(H,19,20). The van der Waals surface area contributed by atoms with Crippen molar-refractivity contribution in [3.63, 3.8) is 0 Å². The first-order chi connectivity index (χ1) is 10.5. The third kappa shape index (κ3) is 3.67. The van der Waals surface area contributed by atoms with Crippen molar-refractivity contribution in [3.05, 3.63) is 53.7 Å². The number of aliphatic carboxylic acids is 1. The summed E-state index contributed by atoms with van der Waals surface area (Å²) in [5, 5.41) is 8.84. The van der Waals surface area contributed by atoms with Crippen LogP contribution in [0, 0.1) is 0 Å². The van der Waals surface area contributed by atoms with Crippen molar-refractivity contribution >= 4 is 11.9 Å². The lowest BCUT2D eigenvalue weighted by Gasteiger charge is -2.08. The molecule has 22 heavy (non-hydrogen) atoms. The smallest absolute Gasteiger partial charge is 0.337 e. The van der Waals surface area contributed by atoms with E-state index < -0.39 is 18.0 Å². The topological polar surface area (TPSA) is 103 Å². The maximum absolute atomic E-state index is 11.4. The average molecular weight is 300 g/mol. The summed E-state index contributed by atoms with van der Waals surface area (Å²) < 4.78 is 4.64. The van der Waals surface area contributed by atoms with Crippen molar-refractivity contribution in [2.75, 3.05) is 7.11 Å². The number of carboxylic acid groups (broad SMARTS) is 1. The second-order valence-corrected chi connectivity index (χ2v) is 4.73. The molecule has 6 nitrogen and oxygen atoms in total. The Hall–Kier alpha value is -2.73. The Morgan fingerprint density at radius 1 is 1.23 bits per heavy atom. The zero-order valence-corrected chi connectivity index (χ0v) is 12.0. The molecule has 1 heterocycles. The van der Waals surface area contributed by atoms with Gasteiger partial charge in [-0.05, 0) is 24.3 Å². The van der Waals surface area contributed by atoms with E-state index in [1.165, 1.54) is 7.11 Å². The van der Waals surface area contributed by atoms with Crippen molar-refractivity contribution in [2.45, 2.75) is 12.5 Å². The predicted molar refractivity (Wildman–Crippen MR) is 80.3 cm³/mol. The number of esters is 1. The van der Waals surface area contributed by atoms with E-state index in [0.717, 1.165) is 5.56 Å². The minimum absolute atomic E-state index is 0.156. The van der Waals surface area contributed by atoms with E-state index in [9.17, 15) is 9.59 Å². The maximum atomic E-state index is 11.4. The average Bonchev–Trinajstić information content (AvgIpc) is 2.54. The number of carboxylic acids is 1. The fourth-order valence-corrected chi connectivity index (χ4v) is 1.96. The molecule has 1 unspecified atom stereocenters. The highest BCUT2D eigenvalue weighted by atomic mass is 16.5. The van der Waals surface area contributed by atoms with Gasteiger partial charge >= 0.3 is 11.9 Å². The molecule has 0 fully saturated rings. The summed E-state index contributed by atoms with van der Waals surface area (Å²) in [7, 11) is 1.33. The van der Waals surface area contributed by atoms with Crippen LogP contribution in [0.2, 0.25) is 0 Å². The van der Waals surface area contributed by atoms with Crippen molar-refractivity contribution in [2.24, 2.45) is 5.73 Å². The molecule has 0 aliphatic heterocycles. The van der Waals surface area contributed by atoms with E-state index in [0.29, 0.717) is 17.0 Å². The molecule has 0 aliphatic rings. The number of benzene rings is 1. The van der Waals surface area contributed by atoms with Gasteiger partial charge in [-0.3, -0.25) is 9.78 Å². The summed E-state index contributed by atoms with van der Waals surface area (Å²) in [6.07, 6.45) is 0.156. The number of aromatic nitrogens is 1. The number of carbonyl (C=O) groups is 2. The monoisotopic (exact) mass is 300 g/mol. The van der Waals surface area contributed by atoms with Gasteiger partial charge in [0.05, 0.1) is 18.4 Å². The lowest BCUT2D eigenvalue weighted by molar-refractivity contribution is -0.138. The quantitative estimate of drug-likeness (QED) is 0.811. The summed E-state index contributed by atoms with van der Waals surface area (Å²) in [5.74, 6) is -1.46. The van der Waals surface area contributed by atoms with Crippen molar-refractivity contribution in [1.82, 2.24) is 4.98 Å². The Morgan fingerprint density at radius 3 is 2.50 bits per heavy atom. The number of hydrogen-bond acceptors (Lipinski definition) is 5. The summed E-state index contributed by atoms with van der Waals surface area (Å²) in [4.78, 5) is 26.6. The van der Waals surface area contributed by atoms with E-state index in [1.54, 1.807) is 36.4 Å². The van der Waals surface area contributed by atoms with Gasteiger partial charge in [-0.2, -0.15) is 0 Å². The Bertz CT molecular complexity index is 683. The molecule has 2 rings (SSSR count). The molecular formula is C16H16N2O4. The largest absolute Gasteiger partial charge is 0.480 e. The zero-order valence-electron chi connectivity index (χ0n) is 12.0. The summed E-state index contributed by atoms with van der Waals surface area (Å²) >= 11 is 0. The molecule has 0 spiro atoms. The van der Waals surface area contributed by atoms with E-state index in [4.69, 9.17) is 10.8 Å². The second kappa shape index (κ2) is 6.82. The molecule has 0 saturated carbocycles. The van der Waals surface area contributed by atoms with Gasteiger partial charge in [-0.1, -0.05) is 18.2 Å². The van der Waals surface area contributed by atoms with Crippen LogP contribution in [-0.2, 0) is 16.0 Å². The number of carbonyl (C=O) groups excluding carboxylic acids is 1. The number of pyridine rings is 1. The van der Waals surface area contributed by atoms with Crippen molar-refractivity contribution < 1.29 is 19.4 Å². The molecule has 0 saturated heterocycles. The van der Waals surface area contributed by atoms with Gasteiger partial charge < -0.3 is 15.6 Å². The maximum Gasteiger partial charge on any atom is 0.337 e. The highest BCUT2D eigenvalue weighted by Crippen LogP contribution is 2.18. The minimum atomic E-state index is -1.06. The van der Waals surface area contributed by atoms with Crippen LogP contribution in [0.4, 0.5) is 0 Å². The minimum Gasteiger partial charge on any atom is -0.480 e. The van der Waals surface area contributed by atoms with Gasteiger partial charge in [0, 0.05) is 17.7 Å². The molecule has 1 aromatic carbocycles. The third-order valence-corrected chi connectivity index (χ3v) is 3.15. The van der Waals surface area contributed by atoms with E-state index in [1.807, 2.05) is 6.07 Å². The van der Waals surface area contributed by atoms with Gasteiger partial charge in [0.1, 0.15) is 6.04 Å². The first-order valence-corrected chi connectivity index (χ1v) is 6.64. The molecule has 6 heteroatoms. The Morgan fingerprint density at radius 2 is 1.91 bits per heavy atom. The van der Waals surface area contributed by atoms with Crippen LogP contribution in [0.3, 0.4) is 0 Å². The molecule has 0 radical (unpaired) electrons. The van der Waals surface area contributed by atoms with Crippen LogP contribution in [0.5, 0.6) is 0 Å². The SMILES string of the molecule is COC(=O)c1ccc(-c2cccc(CC(N)C(=O)O)n2)cc1. The number of hydrogen-bond donors (Lipinski definition) is 2. The number of methoxy groups -OCH3 is 1. The Kier molecular flexibility index (Phi) is 4.85. The van der Waals surface area contributed by atoms with E-state index in [-0.39, 0.29) is 6.42 Å². The molecule has 2 aromatic rings. The fraction of sp³-hybridized carbons (Fsp3) is 0.188. The molecule has 1 aromatic heterocycles. The van der Waals surface area contributed by atoms with Crippen LogP contribution < -0.4 is 5.73 Å². The summed E-state index contributed by atoms with van der Waals surface area (Å²) in [6, 6.07) is 11.2. The molecule has 0 amide bonds. The second-order valence-electron chi connectivity index (χ2n) is 4.73. The number of nitrogens with two attached hydrogens (primary N) is 1. The molecular weight excluding hydrogens is 284 g/mol. The van der Waals surface area contributed by atoms with Crippen LogP contribution in [0.25, 0.3) is 11.3 Å². The molecule has 1 atom stereocenters. The first kappa shape index (κ1) is 15.7. The van der Waals surface area contributed by atoms with E-state index in [2.05, 4.69) is 9.72 Å². The van der Waals surface area contributed by atoms with Crippen LogP contribution in [0.15, 0.2) is 42.5 Å². The number of ether oxygens (including phenoxy) is 1. The highest BCUT2D eigenvalue weighted by Gasteiger charge is 2.13. The van der Waals surface area contributed by atoms with Crippen LogP contribution in [0.1, 0.15) is 16.1 Å². The normalized spacial score (nSPS) is 11.7. The predicted octanol–water partition coefficient (Wildman–Crippen LogP) is 1.49. The van der Waals surface area contributed by atoms with Crippen LogP contribution >= 0.6 is 0 Å². The Balaban J connectivity index is 2.22. The van der Waals surface area contributed by atoms with Gasteiger partial charge in [-0.15, -0.1) is 0 Å². The van der Waals surface area contributed by atoms with Crippen molar-refractivity contribution in [1.29, 1.82) is 0 Å². The summed E-state index contributed by atoms with van der Waals surface area (Å²) in [5.41, 5.74) is 8.07. The van der Waals surface area contributed by atoms with Gasteiger partial charge in [0.2, 0.25) is 0 Å². The Labute approximate surface area is 127 Å². The molecule has 114 valence electrons. The van der Waals surface area contributed by atoms with Gasteiger partial charge in [-0.25, -0.2) is 4.79 Å². The first-order valence-electron chi connectivity index (χ1n) is 6.64. The summed E-state index contributed by atoms with van der Waals surface area (Å²) in [6.45, 7) is 0. The number of rotatable bonds is 5. The van der Waals surface area contributed by atoms with E-state index >= 15 is 0 Å². The third-order valence-electron chi connectivity index (χ3n) is 3.15. The lowest BCUT2D eigenvalue weighted by atomic mass is 10.1. The molecule has 0 bridgehead atoms. The molecule has 3 N–H and O–H groups in total. The van der Waals surface area contributed by atoms with Gasteiger partial charge in [0.25, 0.3) is 0 Å². The van der Waals surface area contributed by atoms with Crippen LogP contribution in [-0.4, -0.2) is 35.2 Å². The molecule has 0 aliphatic carbocycles. The highest BCUT2D eigenvalue weighted by molar-refractivity contribution is 5.89. The lowest BCUT2D eigenvalue weighted by Crippen LogP contribution is -2.32. The number of nitrogens with zero attached hydrogens (tertiary/aromatic N) is 1. The van der Waals surface area contributed by atoms with Gasteiger partial charge in [0.15, 0.2) is 0 Å².